The third-order valence-electron chi connectivity index (χ3n) is 5.35. The van der Waals surface area contributed by atoms with E-state index in [1.165, 1.54) is 12.1 Å². The molecule has 0 bridgehead atoms. The molecule has 7 nitrogen and oxygen atoms in total. The van der Waals surface area contributed by atoms with E-state index in [1.54, 1.807) is 18.5 Å². The van der Waals surface area contributed by atoms with Gasteiger partial charge >= 0.3 is 0 Å². The molecule has 0 aliphatic carbocycles. The lowest BCUT2D eigenvalue weighted by Crippen LogP contribution is -2.32. The van der Waals surface area contributed by atoms with Crippen LogP contribution < -0.4 is 5.32 Å². The smallest absolute Gasteiger partial charge is 0.151 e. The number of aryl methyl sites for hydroxylation is 1. The lowest BCUT2D eigenvalue weighted by atomic mass is 10.1. The molecule has 0 saturated carbocycles. The second-order valence-electron chi connectivity index (χ2n) is 7.46. The molecule has 3 aromatic rings. The van der Waals surface area contributed by atoms with Crippen molar-refractivity contribution in [1.82, 2.24) is 24.6 Å². The van der Waals surface area contributed by atoms with Gasteiger partial charge in [0.2, 0.25) is 0 Å². The first-order chi connectivity index (χ1) is 13.8. The normalized spacial score (nSPS) is 18.4. The first-order valence-electron chi connectivity index (χ1n) is 9.60. The second kappa shape index (κ2) is 7.72. The third-order valence-corrected chi connectivity index (χ3v) is 7.12. The van der Waals surface area contributed by atoms with E-state index in [0.29, 0.717) is 19.5 Å². The standard InChI is InChI=1S/C20H24FN5O2S/c1-14-20(15(2)26(24-14)18-5-3-16(21)4-6-18)19-11-22-13-25(19)9-8-23-17-7-10-29(27,28)12-17/h3-6,11,13,17,23H,7-10,12H2,1-2H3/t17-/m0/s1. The highest BCUT2D eigenvalue weighted by atomic mass is 32.2. The average Bonchev–Trinajstić information content (AvgIpc) is 3.34. The number of imidazole rings is 1. The number of sulfone groups is 1. The number of hydrogen-bond acceptors (Lipinski definition) is 5. The SMILES string of the molecule is Cc1nn(-c2ccc(F)cc2)c(C)c1-c1cncn1CCN[C@H]1CCS(=O)(=O)C1. The van der Waals surface area contributed by atoms with Gasteiger partial charge in [-0.2, -0.15) is 5.10 Å². The predicted octanol–water partition coefficient (Wildman–Crippen LogP) is 2.27. The minimum absolute atomic E-state index is 0.0247. The van der Waals surface area contributed by atoms with E-state index < -0.39 is 9.84 Å². The monoisotopic (exact) mass is 417 g/mol. The van der Waals surface area contributed by atoms with Crippen LogP contribution in [0, 0.1) is 19.7 Å². The van der Waals surface area contributed by atoms with Crippen molar-refractivity contribution in [2.45, 2.75) is 32.9 Å². The summed E-state index contributed by atoms with van der Waals surface area (Å²) < 4.78 is 40.3. The molecule has 1 atom stereocenters. The number of benzene rings is 1. The van der Waals surface area contributed by atoms with Crippen LogP contribution in [0.1, 0.15) is 17.8 Å². The maximum absolute atomic E-state index is 13.3. The van der Waals surface area contributed by atoms with Crippen molar-refractivity contribution in [3.05, 3.63) is 54.0 Å². The van der Waals surface area contributed by atoms with Crippen molar-refractivity contribution in [3.63, 3.8) is 0 Å². The van der Waals surface area contributed by atoms with Crippen molar-refractivity contribution in [3.8, 4) is 16.9 Å². The van der Waals surface area contributed by atoms with Gasteiger partial charge in [0.1, 0.15) is 5.82 Å². The van der Waals surface area contributed by atoms with Crippen molar-refractivity contribution in [2.24, 2.45) is 0 Å². The maximum Gasteiger partial charge on any atom is 0.151 e. The van der Waals surface area contributed by atoms with Gasteiger partial charge in [-0.25, -0.2) is 22.5 Å². The van der Waals surface area contributed by atoms with E-state index in [9.17, 15) is 12.8 Å². The Balaban J connectivity index is 1.53. The van der Waals surface area contributed by atoms with Crippen LogP contribution in [-0.4, -0.2) is 51.8 Å². The summed E-state index contributed by atoms with van der Waals surface area (Å²) in [6.45, 7) is 5.26. The quantitative estimate of drug-likeness (QED) is 0.665. The van der Waals surface area contributed by atoms with Crippen molar-refractivity contribution < 1.29 is 12.8 Å². The Hall–Kier alpha value is -2.52. The molecule has 1 saturated heterocycles. The number of aromatic nitrogens is 4. The summed E-state index contributed by atoms with van der Waals surface area (Å²) in [5.41, 5.74) is 4.56. The summed E-state index contributed by atoms with van der Waals surface area (Å²) in [5.74, 6) is 0.199. The molecule has 1 aromatic carbocycles. The van der Waals surface area contributed by atoms with Crippen LogP contribution in [0.4, 0.5) is 4.39 Å². The molecule has 0 radical (unpaired) electrons. The fourth-order valence-electron chi connectivity index (χ4n) is 3.90. The second-order valence-corrected chi connectivity index (χ2v) is 9.69. The van der Waals surface area contributed by atoms with Crippen LogP contribution in [-0.2, 0) is 16.4 Å². The Bertz CT molecular complexity index is 1120. The molecule has 1 aliphatic heterocycles. The highest BCUT2D eigenvalue weighted by Crippen LogP contribution is 2.28. The Morgan fingerprint density at radius 3 is 2.69 bits per heavy atom. The topological polar surface area (TPSA) is 81.8 Å². The molecular weight excluding hydrogens is 393 g/mol. The van der Waals surface area contributed by atoms with Gasteiger partial charge in [0, 0.05) is 24.7 Å². The highest BCUT2D eigenvalue weighted by molar-refractivity contribution is 7.91. The summed E-state index contributed by atoms with van der Waals surface area (Å²) >= 11 is 0. The van der Waals surface area contributed by atoms with Gasteiger partial charge in [-0.1, -0.05) is 0 Å². The Morgan fingerprint density at radius 2 is 2.00 bits per heavy atom. The maximum atomic E-state index is 13.3. The van der Waals surface area contributed by atoms with Gasteiger partial charge in [0.25, 0.3) is 0 Å². The summed E-state index contributed by atoms with van der Waals surface area (Å²) in [7, 11) is -2.88. The molecular formula is C20H24FN5O2S. The van der Waals surface area contributed by atoms with E-state index in [1.807, 2.05) is 29.3 Å². The number of rotatable bonds is 6. The van der Waals surface area contributed by atoms with Gasteiger partial charge in [-0.05, 0) is 44.5 Å². The number of hydrogen-bond donors (Lipinski definition) is 1. The fraction of sp³-hybridized carbons (Fsp3) is 0.400. The summed E-state index contributed by atoms with van der Waals surface area (Å²) in [6, 6.07) is 6.27. The van der Waals surface area contributed by atoms with E-state index in [0.717, 1.165) is 28.3 Å². The predicted molar refractivity (Wildman–Crippen MR) is 109 cm³/mol. The van der Waals surface area contributed by atoms with Crippen LogP contribution in [0.25, 0.3) is 16.9 Å². The summed E-state index contributed by atoms with van der Waals surface area (Å²) in [4.78, 5) is 4.30. The Morgan fingerprint density at radius 1 is 1.24 bits per heavy atom. The fourth-order valence-corrected chi connectivity index (χ4v) is 5.61. The van der Waals surface area contributed by atoms with E-state index >= 15 is 0 Å². The lowest BCUT2D eigenvalue weighted by molar-refractivity contribution is 0.521. The zero-order chi connectivity index (χ0) is 20.6. The van der Waals surface area contributed by atoms with Crippen LogP contribution >= 0.6 is 0 Å². The van der Waals surface area contributed by atoms with Crippen LogP contribution in [0.2, 0.25) is 0 Å². The van der Waals surface area contributed by atoms with Crippen molar-refractivity contribution >= 4 is 9.84 Å². The van der Waals surface area contributed by atoms with Crippen LogP contribution in [0.15, 0.2) is 36.8 Å². The zero-order valence-corrected chi connectivity index (χ0v) is 17.3. The van der Waals surface area contributed by atoms with Crippen LogP contribution in [0.5, 0.6) is 0 Å². The number of halogens is 1. The molecule has 29 heavy (non-hydrogen) atoms. The largest absolute Gasteiger partial charge is 0.329 e. The molecule has 1 N–H and O–H groups in total. The minimum atomic E-state index is -2.88. The first-order valence-corrected chi connectivity index (χ1v) is 11.4. The molecule has 1 fully saturated rings. The van der Waals surface area contributed by atoms with Crippen molar-refractivity contribution in [1.29, 1.82) is 0 Å². The van der Waals surface area contributed by atoms with E-state index in [4.69, 9.17) is 0 Å². The molecule has 3 heterocycles. The van der Waals surface area contributed by atoms with E-state index in [2.05, 4.69) is 15.4 Å². The van der Waals surface area contributed by atoms with E-state index in [-0.39, 0.29) is 23.4 Å². The third kappa shape index (κ3) is 4.11. The molecule has 0 unspecified atom stereocenters. The van der Waals surface area contributed by atoms with Gasteiger partial charge in [0.15, 0.2) is 9.84 Å². The number of nitrogens with one attached hydrogen (secondary N) is 1. The Kier molecular flexibility index (Phi) is 5.26. The zero-order valence-electron chi connectivity index (χ0n) is 16.5. The van der Waals surface area contributed by atoms with Crippen molar-refractivity contribution in [2.75, 3.05) is 18.1 Å². The molecule has 9 heteroatoms. The molecule has 1 aliphatic rings. The lowest BCUT2D eigenvalue weighted by Gasteiger charge is -2.13. The molecule has 2 aromatic heterocycles. The van der Waals surface area contributed by atoms with Gasteiger partial charge in [-0.15, -0.1) is 0 Å². The Labute approximate surface area is 169 Å². The summed E-state index contributed by atoms with van der Waals surface area (Å²) in [6.07, 6.45) is 4.25. The molecule has 4 rings (SSSR count). The molecule has 154 valence electrons. The highest BCUT2D eigenvalue weighted by Gasteiger charge is 2.27. The average molecular weight is 418 g/mol. The van der Waals surface area contributed by atoms with Crippen LogP contribution in [0.3, 0.4) is 0 Å². The molecule has 0 amide bonds. The summed E-state index contributed by atoms with van der Waals surface area (Å²) in [5, 5.41) is 7.97. The molecule has 0 spiro atoms. The van der Waals surface area contributed by atoms with Gasteiger partial charge < -0.3 is 9.88 Å². The van der Waals surface area contributed by atoms with Gasteiger partial charge in [-0.3, -0.25) is 0 Å². The van der Waals surface area contributed by atoms with Gasteiger partial charge in [0.05, 0.1) is 46.8 Å². The first kappa shape index (κ1) is 19.8. The number of nitrogens with zero attached hydrogens (tertiary/aromatic N) is 4. The minimum Gasteiger partial charge on any atom is -0.329 e.